The molecule has 3 heterocycles. The van der Waals surface area contributed by atoms with Gasteiger partial charge < -0.3 is 15.4 Å². The Hall–Kier alpha value is -3.46. The molecule has 3 N–H and O–H groups in total. The topological polar surface area (TPSA) is 114 Å². The number of benzene rings is 1. The van der Waals surface area contributed by atoms with E-state index in [2.05, 4.69) is 25.9 Å². The van der Waals surface area contributed by atoms with E-state index < -0.39 is 6.04 Å². The summed E-state index contributed by atoms with van der Waals surface area (Å²) in [4.78, 5) is 28.2. The summed E-state index contributed by atoms with van der Waals surface area (Å²) < 4.78 is 7.11. The number of hydrogen-bond donors (Lipinski definition) is 3. The molecule has 43 heavy (non-hydrogen) atoms. The minimum Gasteiger partial charge on any atom is -0.381 e. The maximum absolute atomic E-state index is 14.3. The van der Waals surface area contributed by atoms with Crippen molar-refractivity contribution >= 4 is 17.5 Å². The van der Waals surface area contributed by atoms with Crippen LogP contribution < -0.4 is 10.6 Å². The van der Waals surface area contributed by atoms with Crippen molar-refractivity contribution in [1.29, 1.82) is 0 Å². The van der Waals surface area contributed by atoms with E-state index in [1.807, 2.05) is 38.1 Å². The van der Waals surface area contributed by atoms with Gasteiger partial charge in [-0.1, -0.05) is 76.3 Å². The van der Waals surface area contributed by atoms with Crippen molar-refractivity contribution in [1.82, 2.24) is 25.3 Å². The number of aromatic nitrogens is 4. The van der Waals surface area contributed by atoms with Gasteiger partial charge in [0, 0.05) is 35.6 Å². The first-order chi connectivity index (χ1) is 21.0. The van der Waals surface area contributed by atoms with Crippen LogP contribution in [0.1, 0.15) is 86.1 Å². The minimum atomic E-state index is -0.618. The van der Waals surface area contributed by atoms with Gasteiger partial charge in [-0.25, -0.2) is 0 Å². The molecule has 0 radical (unpaired) electrons. The number of rotatable bonds is 10. The number of aromatic amines is 1. The van der Waals surface area contributed by atoms with Crippen LogP contribution in [-0.4, -0.2) is 51.0 Å². The van der Waals surface area contributed by atoms with E-state index in [4.69, 9.17) is 4.74 Å². The number of ether oxygens (including phenoxy) is 1. The summed E-state index contributed by atoms with van der Waals surface area (Å²) in [6.45, 7) is 6.03. The SMILES string of the molecule is Cc1n[nH]c(C)c1-c1ccc(NC(=O)[C@@H](NC(=O)c2ccnn2CC2COC2)C(C2CCCCC2)C2CCCCC2)cc1. The molecule has 1 aliphatic heterocycles. The Kier molecular flexibility index (Phi) is 9.26. The first kappa shape index (κ1) is 29.6. The van der Waals surface area contributed by atoms with Crippen LogP contribution in [0.25, 0.3) is 11.1 Å². The van der Waals surface area contributed by atoms with Gasteiger partial charge in [-0.15, -0.1) is 0 Å². The van der Waals surface area contributed by atoms with Crippen LogP contribution >= 0.6 is 0 Å². The molecule has 2 aromatic heterocycles. The maximum Gasteiger partial charge on any atom is 0.270 e. The van der Waals surface area contributed by atoms with Crippen molar-refractivity contribution in [3.8, 4) is 11.1 Å². The number of H-pyrrole nitrogens is 1. The summed E-state index contributed by atoms with van der Waals surface area (Å²) >= 11 is 0. The lowest BCUT2D eigenvalue weighted by molar-refractivity contribution is -0.120. The van der Waals surface area contributed by atoms with Crippen LogP contribution in [0.2, 0.25) is 0 Å². The van der Waals surface area contributed by atoms with E-state index in [-0.39, 0.29) is 17.7 Å². The summed E-state index contributed by atoms with van der Waals surface area (Å²) in [7, 11) is 0. The standard InChI is InChI=1S/C34H46N6O3/c1-22-30(23(2)39-38-22)27-13-15-28(16-14-27)36-34(42)32(31(25-9-5-3-6-10-25)26-11-7-4-8-12-26)37-33(41)29-17-18-35-40(29)19-24-20-43-21-24/h13-18,24-26,31-32H,3-12,19-21H2,1-2H3,(H,36,42)(H,37,41)(H,38,39)/t32-/m0/s1. The Morgan fingerprint density at radius 1 is 0.953 bits per heavy atom. The summed E-state index contributed by atoms with van der Waals surface area (Å²) in [6.07, 6.45) is 13.5. The zero-order valence-electron chi connectivity index (χ0n) is 25.6. The number of carbonyl (C=O) groups is 2. The van der Waals surface area contributed by atoms with Crippen molar-refractivity contribution in [2.75, 3.05) is 18.5 Å². The van der Waals surface area contributed by atoms with Crippen molar-refractivity contribution < 1.29 is 14.3 Å². The highest BCUT2D eigenvalue weighted by Crippen LogP contribution is 2.42. The largest absolute Gasteiger partial charge is 0.381 e. The van der Waals surface area contributed by atoms with Gasteiger partial charge in [0.25, 0.3) is 5.91 Å². The quantitative estimate of drug-likeness (QED) is 0.268. The molecule has 2 saturated carbocycles. The molecule has 2 amide bonds. The molecule has 3 aliphatic rings. The highest BCUT2D eigenvalue weighted by Gasteiger charge is 2.41. The normalized spacial score (nSPS) is 19.2. The van der Waals surface area contributed by atoms with Gasteiger partial charge in [-0.3, -0.25) is 19.4 Å². The second-order valence-corrected chi connectivity index (χ2v) is 13.0. The second kappa shape index (κ2) is 13.5. The monoisotopic (exact) mass is 586 g/mol. The van der Waals surface area contributed by atoms with E-state index >= 15 is 0 Å². The highest BCUT2D eigenvalue weighted by molar-refractivity contribution is 6.00. The molecule has 9 nitrogen and oxygen atoms in total. The third-order valence-corrected chi connectivity index (χ3v) is 10.00. The molecule has 6 rings (SSSR count). The van der Waals surface area contributed by atoms with Crippen molar-refractivity contribution in [2.45, 2.75) is 90.6 Å². The van der Waals surface area contributed by atoms with Gasteiger partial charge in [-0.2, -0.15) is 10.2 Å². The van der Waals surface area contributed by atoms with Crippen LogP contribution in [0, 0.1) is 37.5 Å². The van der Waals surface area contributed by atoms with Crippen molar-refractivity contribution in [3.63, 3.8) is 0 Å². The number of hydrogen-bond acceptors (Lipinski definition) is 5. The summed E-state index contributed by atoms with van der Waals surface area (Å²) in [5.41, 5.74) is 5.34. The Labute approximate surface area is 254 Å². The van der Waals surface area contributed by atoms with E-state index in [1.165, 1.54) is 38.5 Å². The fraction of sp³-hybridized carbons (Fsp3) is 0.588. The van der Waals surface area contributed by atoms with Gasteiger partial charge in [0.05, 0.1) is 18.9 Å². The maximum atomic E-state index is 14.3. The number of amides is 2. The number of anilines is 1. The Morgan fingerprint density at radius 3 is 2.16 bits per heavy atom. The zero-order valence-corrected chi connectivity index (χ0v) is 25.6. The first-order valence-electron chi connectivity index (χ1n) is 16.3. The van der Waals surface area contributed by atoms with Gasteiger partial charge in [0.1, 0.15) is 11.7 Å². The lowest BCUT2D eigenvalue weighted by Crippen LogP contribution is -2.53. The van der Waals surface area contributed by atoms with E-state index in [0.717, 1.165) is 53.9 Å². The van der Waals surface area contributed by atoms with Crippen LogP contribution in [-0.2, 0) is 16.1 Å². The summed E-state index contributed by atoms with van der Waals surface area (Å²) in [5.74, 6) is 0.975. The minimum absolute atomic E-state index is 0.108. The zero-order chi connectivity index (χ0) is 29.8. The van der Waals surface area contributed by atoms with Gasteiger partial charge in [0.15, 0.2) is 0 Å². The molecule has 0 spiro atoms. The molecule has 3 fully saturated rings. The molecule has 1 atom stereocenters. The highest BCUT2D eigenvalue weighted by atomic mass is 16.5. The smallest absolute Gasteiger partial charge is 0.270 e. The molecule has 0 bridgehead atoms. The van der Waals surface area contributed by atoms with Crippen LogP contribution in [0.3, 0.4) is 0 Å². The average molecular weight is 587 g/mol. The summed E-state index contributed by atoms with van der Waals surface area (Å²) in [6, 6.07) is 9.09. The lowest BCUT2D eigenvalue weighted by atomic mass is 9.66. The van der Waals surface area contributed by atoms with E-state index in [9.17, 15) is 9.59 Å². The van der Waals surface area contributed by atoms with Crippen LogP contribution in [0.5, 0.6) is 0 Å². The van der Waals surface area contributed by atoms with E-state index in [0.29, 0.717) is 43.2 Å². The Bertz CT molecular complexity index is 1340. The molecule has 1 saturated heterocycles. The molecule has 9 heteroatoms. The van der Waals surface area contributed by atoms with Crippen molar-refractivity contribution in [2.24, 2.45) is 23.7 Å². The first-order valence-corrected chi connectivity index (χ1v) is 16.3. The number of nitrogens with one attached hydrogen (secondary N) is 3. The van der Waals surface area contributed by atoms with Gasteiger partial charge >= 0.3 is 0 Å². The Balaban J connectivity index is 1.27. The fourth-order valence-corrected chi connectivity index (χ4v) is 7.74. The van der Waals surface area contributed by atoms with Gasteiger partial charge in [0.2, 0.25) is 5.91 Å². The number of aryl methyl sites for hydroxylation is 2. The lowest BCUT2D eigenvalue weighted by Gasteiger charge is -2.42. The molecule has 230 valence electrons. The summed E-state index contributed by atoms with van der Waals surface area (Å²) in [5, 5.41) is 18.3. The van der Waals surface area contributed by atoms with Crippen LogP contribution in [0.15, 0.2) is 36.5 Å². The molecule has 1 aromatic carbocycles. The van der Waals surface area contributed by atoms with E-state index in [1.54, 1.807) is 16.9 Å². The predicted octanol–water partition coefficient (Wildman–Crippen LogP) is 6.05. The Morgan fingerprint density at radius 2 is 1.60 bits per heavy atom. The molecular weight excluding hydrogens is 540 g/mol. The predicted molar refractivity (Wildman–Crippen MR) is 167 cm³/mol. The van der Waals surface area contributed by atoms with Crippen molar-refractivity contribution in [3.05, 3.63) is 53.6 Å². The third-order valence-electron chi connectivity index (χ3n) is 10.00. The number of carbonyl (C=O) groups excluding carboxylic acids is 2. The van der Waals surface area contributed by atoms with Crippen LogP contribution in [0.4, 0.5) is 5.69 Å². The number of nitrogens with zero attached hydrogens (tertiary/aromatic N) is 3. The molecule has 2 aliphatic carbocycles. The van der Waals surface area contributed by atoms with Gasteiger partial charge in [-0.05, 0) is 55.4 Å². The average Bonchev–Trinajstić information content (AvgIpc) is 3.61. The molecule has 0 unspecified atom stereocenters. The second-order valence-electron chi connectivity index (χ2n) is 13.0. The molecular formula is C34H46N6O3. The fourth-order valence-electron chi connectivity index (χ4n) is 7.74. The molecule has 3 aromatic rings. The third kappa shape index (κ3) is 6.71.